The summed E-state index contributed by atoms with van der Waals surface area (Å²) < 4.78 is 0. The maximum atomic E-state index is 11.7. The summed E-state index contributed by atoms with van der Waals surface area (Å²) >= 11 is 5.75. The van der Waals surface area contributed by atoms with Crippen LogP contribution in [0.4, 0.5) is 0 Å². The molecule has 1 nitrogen and oxygen atoms in total. The molecule has 3 rings (SSSR count). The van der Waals surface area contributed by atoms with Crippen molar-refractivity contribution in [1.29, 1.82) is 0 Å². The molecule has 3 heteroatoms. The first kappa shape index (κ1) is 18.4. The van der Waals surface area contributed by atoms with Gasteiger partial charge in [0.15, 0.2) is 5.78 Å². The molecule has 0 amide bonds. The number of carbonyl (C=O) groups excluding carboxylic acids is 1. The second-order valence-electron chi connectivity index (χ2n) is 4.38. The zero-order valence-electron chi connectivity index (χ0n) is 11.8. The fourth-order valence-electron chi connectivity index (χ4n) is 1.70. The first-order valence-corrected chi connectivity index (χ1v) is 7.00. The van der Waals surface area contributed by atoms with Crippen molar-refractivity contribution in [2.45, 2.75) is 0 Å². The standard InChI is InChI=1S/C14H10ClO.C5H5.Fe/c15-13-8-6-12(7-9-13)14(16)10-5-11-3-1-2-4-11;1-2-4-5-3-1;/h1-10H;1-5H;/b10-5+;;. The predicted octanol–water partition coefficient (Wildman–Crippen LogP) is 5.09. The topological polar surface area (TPSA) is 17.1 Å². The largest absolute Gasteiger partial charge is 0.289 e. The minimum absolute atomic E-state index is 0. The normalized spacial score (nSPS) is 14.5. The molecule has 0 N–H and O–H groups in total. The molecule has 1 aromatic rings. The molecule has 0 saturated carbocycles. The van der Waals surface area contributed by atoms with E-state index in [1.165, 1.54) is 0 Å². The average molecular weight is 351 g/mol. The number of ketones is 1. The van der Waals surface area contributed by atoms with Gasteiger partial charge in [0.2, 0.25) is 0 Å². The van der Waals surface area contributed by atoms with Crippen LogP contribution in [0.2, 0.25) is 5.02 Å². The van der Waals surface area contributed by atoms with Gasteiger partial charge in [0.1, 0.15) is 0 Å². The fourth-order valence-corrected chi connectivity index (χ4v) is 1.83. The van der Waals surface area contributed by atoms with E-state index in [1.807, 2.05) is 55.4 Å². The molecule has 0 aliphatic heterocycles. The summed E-state index contributed by atoms with van der Waals surface area (Å²) in [7, 11) is 0. The van der Waals surface area contributed by atoms with E-state index in [0.717, 1.165) is 5.57 Å². The second kappa shape index (κ2) is 10.2. The summed E-state index contributed by atoms with van der Waals surface area (Å²) in [4.78, 5) is 11.7. The van der Waals surface area contributed by atoms with Gasteiger partial charge in [-0.25, -0.2) is 0 Å². The Hall–Kier alpha value is -1.60. The SMILES string of the molecule is O=C(/C=C/C1=CC=C[CH]1)c1ccc(Cl)cc1.[CH]1C=CC=C1.[Fe]. The first-order valence-electron chi connectivity index (χ1n) is 6.62. The maximum absolute atomic E-state index is 11.7. The van der Waals surface area contributed by atoms with Crippen molar-refractivity contribution in [3.63, 3.8) is 0 Å². The molecule has 0 spiro atoms. The van der Waals surface area contributed by atoms with Crippen LogP contribution in [0.15, 0.2) is 84.5 Å². The summed E-state index contributed by atoms with van der Waals surface area (Å²) in [5.41, 5.74) is 1.68. The van der Waals surface area contributed by atoms with E-state index in [4.69, 9.17) is 11.6 Å². The molecule has 0 bridgehead atoms. The van der Waals surface area contributed by atoms with Gasteiger partial charge in [0.25, 0.3) is 0 Å². The van der Waals surface area contributed by atoms with E-state index >= 15 is 0 Å². The molecule has 22 heavy (non-hydrogen) atoms. The van der Waals surface area contributed by atoms with Gasteiger partial charge < -0.3 is 0 Å². The van der Waals surface area contributed by atoms with Crippen molar-refractivity contribution in [1.82, 2.24) is 0 Å². The minimum atomic E-state index is -0.0159. The zero-order chi connectivity index (χ0) is 14.9. The second-order valence-corrected chi connectivity index (χ2v) is 4.82. The molecule has 0 saturated heterocycles. The Morgan fingerprint density at radius 2 is 1.59 bits per heavy atom. The molecule has 0 fully saturated rings. The Labute approximate surface area is 147 Å². The minimum Gasteiger partial charge on any atom is -0.289 e. The first-order chi connectivity index (χ1) is 10.3. The van der Waals surface area contributed by atoms with E-state index in [0.29, 0.717) is 10.6 Å². The van der Waals surface area contributed by atoms with Gasteiger partial charge >= 0.3 is 0 Å². The van der Waals surface area contributed by atoms with Crippen molar-refractivity contribution in [3.8, 4) is 0 Å². The van der Waals surface area contributed by atoms with Crippen molar-refractivity contribution < 1.29 is 21.9 Å². The molecule has 2 aliphatic rings. The van der Waals surface area contributed by atoms with E-state index < -0.39 is 0 Å². The Kier molecular flexibility index (Phi) is 8.54. The zero-order valence-corrected chi connectivity index (χ0v) is 13.7. The maximum Gasteiger partial charge on any atom is 0.185 e. The Morgan fingerprint density at radius 1 is 0.909 bits per heavy atom. The third kappa shape index (κ3) is 6.44. The third-order valence-electron chi connectivity index (χ3n) is 2.80. The van der Waals surface area contributed by atoms with E-state index in [2.05, 4.69) is 0 Å². The van der Waals surface area contributed by atoms with Gasteiger partial charge in [-0.2, -0.15) is 0 Å². The van der Waals surface area contributed by atoms with Gasteiger partial charge in [0.05, 0.1) is 0 Å². The van der Waals surface area contributed by atoms with E-state index in [-0.39, 0.29) is 22.9 Å². The monoisotopic (exact) mass is 350 g/mol. The third-order valence-corrected chi connectivity index (χ3v) is 3.05. The predicted molar refractivity (Wildman–Crippen MR) is 89.0 cm³/mol. The fraction of sp³-hybridized carbons (Fsp3) is 0. The van der Waals surface area contributed by atoms with Gasteiger partial charge in [-0.1, -0.05) is 60.2 Å². The smallest absolute Gasteiger partial charge is 0.185 e. The molecular weight excluding hydrogens is 336 g/mol. The molecule has 1 aromatic carbocycles. The summed E-state index contributed by atoms with van der Waals surface area (Å²) in [6, 6.07) is 6.87. The van der Waals surface area contributed by atoms with Crippen molar-refractivity contribution in [3.05, 3.63) is 108 Å². The van der Waals surface area contributed by atoms with Crippen LogP contribution < -0.4 is 0 Å². The number of hydrogen-bond donors (Lipinski definition) is 0. The quantitative estimate of drug-likeness (QED) is 0.421. The number of hydrogen-bond acceptors (Lipinski definition) is 1. The van der Waals surface area contributed by atoms with Gasteiger partial charge in [-0.15, -0.1) is 0 Å². The molecular formula is C19H15ClFeO. The number of benzene rings is 1. The molecule has 0 unspecified atom stereocenters. The van der Waals surface area contributed by atoms with Crippen LogP contribution in [0.25, 0.3) is 0 Å². The average Bonchev–Trinajstić information content (AvgIpc) is 3.21. The molecule has 0 heterocycles. The van der Waals surface area contributed by atoms with Crippen molar-refractivity contribution >= 4 is 17.4 Å². The van der Waals surface area contributed by atoms with Crippen molar-refractivity contribution in [2.75, 3.05) is 0 Å². The number of halogens is 1. The van der Waals surface area contributed by atoms with Crippen LogP contribution in [0.3, 0.4) is 0 Å². The van der Waals surface area contributed by atoms with Gasteiger partial charge in [0, 0.05) is 40.5 Å². The van der Waals surface area contributed by atoms with E-state index in [1.54, 1.807) is 36.4 Å². The molecule has 2 radical (unpaired) electrons. The number of rotatable bonds is 3. The van der Waals surface area contributed by atoms with Gasteiger partial charge in [-0.3, -0.25) is 4.79 Å². The molecule has 112 valence electrons. The Morgan fingerprint density at radius 3 is 2.09 bits per heavy atom. The summed E-state index contributed by atoms with van der Waals surface area (Å²) in [6.45, 7) is 0. The molecule has 2 aliphatic carbocycles. The van der Waals surface area contributed by atoms with Crippen LogP contribution in [0.5, 0.6) is 0 Å². The van der Waals surface area contributed by atoms with Crippen LogP contribution in [-0.2, 0) is 17.1 Å². The van der Waals surface area contributed by atoms with Crippen LogP contribution in [-0.4, -0.2) is 5.78 Å². The molecule has 0 aromatic heterocycles. The number of carbonyl (C=O) groups is 1. The van der Waals surface area contributed by atoms with Crippen molar-refractivity contribution in [2.24, 2.45) is 0 Å². The van der Waals surface area contributed by atoms with Crippen LogP contribution in [0, 0.1) is 12.8 Å². The summed E-state index contributed by atoms with van der Waals surface area (Å²) in [5.74, 6) is -0.0159. The van der Waals surface area contributed by atoms with Crippen LogP contribution >= 0.6 is 11.6 Å². The van der Waals surface area contributed by atoms with Gasteiger partial charge in [-0.05, 0) is 35.9 Å². The Bertz CT molecular complexity index is 624. The van der Waals surface area contributed by atoms with Crippen LogP contribution in [0.1, 0.15) is 10.4 Å². The van der Waals surface area contributed by atoms with E-state index in [9.17, 15) is 4.79 Å². The molecule has 0 atom stereocenters. The summed E-state index contributed by atoms with van der Waals surface area (Å²) in [6.07, 6.45) is 21.1. The number of allylic oxidation sites excluding steroid dienone is 10. The summed E-state index contributed by atoms with van der Waals surface area (Å²) in [5, 5.41) is 0.636. The Balaban J connectivity index is 0.000000344.